The molecular formula is C45H44O2S3. The number of fused-ring (bicyclic) bond motifs is 7. The van der Waals surface area contributed by atoms with E-state index in [1.165, 1.54) is 68.4 Å². The number of hydrogen-bond acceptors (Lipinski definition) is 5. The SMILES string of the molecule is CCOC(=O)c1ccc2c3cc(C(C)(C)C)cc(c(-c4ccc(-c5ccc(-c6cccs6)s5)s4)cc4cc(C(C)(C)C)cc(c4C)c2c1)c3C. The molecule has 2 nitrogen and oxygen atoms in total. The minimum absolute atomic E-state index is 0.0726. The van der Waals surface area contributed by atoms with Gasteiger partial charge in [-0.2, -0.15) is 0 Å². The number of benzene rings is 3. The van der Waals surface area contributed by atoms with Crippen LogP contribution in [0, 0.1) is 13.8 Å². The highest BCUT2D eigenvalue weighted by molar-refractivity contribution is 7.27. The highest BCUT2D eigenvalue weighted by atomic mass is 32.1. The van der Waals surface area contributed by atoms with Gasteiger partial charge in [0.1, 0.15) is 0 Å². The van der Waals surface area contributed by atoms with Crippen LogP contribution in [0.5, 0.6) is 0 Å². The summed E-state index contributed by atoms with van der Waals surface area (Å²) in [6.07, 6.45) is 0. The minimum Gasteiger partial charge on any atom is -0.462 e. The number of esters is 1. The van der Waals surface area contributed by atoms with Crippen LogP contribution in [0.3, 0.4) is 0 Å². The Morgan fingerprint density at radius 3 is 1.80 bits per heavy atom. The third-order valence-electron chi connectivity index (χ3n) is 9.77. The summed E-state index contributed by atoms with van der Waals surface area (Å²) in [6.45, 7) is 20.4. The number of rotatable bonds is 5. The first-order valence-corrected chi connectivity index (χ1v) is 19.8. The summed E-state index contributed by atoms with van der Waals surface area (Å²) in [5.74, 6) is -0.290. The van der Waals surface area contributed by atoms with E-state index in [0.717, 1.165) is 16.2 Å². The molecule has 0 radical (unpaired) electrons. The Morgan fingerprint density at radius 2 is 1.18 bits per heavy atom. The summed E-state index contributed by atoms with van der Waals surface area (Å²) < 4.78 is 5.49. The second-order valence-corrected chi connectivity index (χ2v) is 18.4. The zero-order valence-corrected chi connectivity index (χ0v) is 32.9. The summed E-state index contributed by atoms with van der Waals surface area (Å²) in [5, 5.41) is 9.14. The van der Waals surface area contributed by atoms with Gasteiger partial charge in [-0.05, 0) is 146 Å². The van der Waals surface area contributed by atoms with Gasteiger partial charge in [-0.1, -0.05) is 77.9 Å². The van der Waals surface area contributed by atoms with Crippen molar-refractivity contribution in [1.82, 2.24) is 0 Å². The predicted octanol–water partition coefficient (Wildman–Crippen LogP) is 14.3. The smallest absolute Gasteiger partial charge is 0.338 e. The second kappa shape index (κ2) is 12.9. The van der Waals surface area contributed by atoms with Gasteiger partial charge < -0.3 is 4.74 Å². The molecular weight excluding hydrogens is 669 g/mol. The molecule has 4 bridgehead atoms. The van der Waals surface area contributed by atoms with Crippen molar-refractivity contribution in [2.75, 3.05) is 6.61 Å². The van der Waals surface area contributed by atoms with Crippen LogP contribution in [-0.4, -0.2) is 12.6 Å². The summed E-state index contributed by atoms with van der Waals surface area (Å²) in [7, 11) is 0. The lowest BCUT2D eigenvalue weighted by Gasteiger charge is -2.23. The number of carbonyl (C=O) groups excluding carboxylic acids is 1. The monoisotopic (exact) mass is 712 g/mol. The maximum Gasteiger partial charge on any atom is 0.338 e. The van der Waals surface area contributed by atoms with Gasteiger partial charge in [0.15, 0.2) is 0 Å². The van der Waals surface area contributed by atoms with E-state index in [1.54, 1.807) is 11.3 Å². The average molecular weight is 713 g/mol. The lowest BCUT2D eigenvalue weighted by molar-refractivity contribution is 0.0526. The Kier molecular flexibility index (Phi) is 8.91. The van der Waals surface area contributed by atoms with Gasteiger partial charge in [0.25, 0.3) is 0 Å². The number of hydrogen-bond donors (Lipinski definition) is 0. The van der Waals surface area contributed by atoms with E-state index in [2.05, 4.69) is 140 Å². The normalized spacial score (nSPS) is 12.3. The van der Waals surface area contributed by atoms with E-state index in [9.17, 15) is 4.79 Å². The van der Waals surface area contributed by atoms with Crippen LogP contribution in [-0.2, 0) is 15.6 Å². The van der Waals surface area contributed by atoms with Crippen molar-refractivity contribution in [1.29, 1.82) is 0 Å². The Hall–Kier alpha value is -4.03. The zero-order chi connectivity index (χ0) is 35.5. The predicted molar refractivity (Wildman–Crippen MR) is 221 cm³/mol. The summed E-state index contributed by atoms with van der Waals surface area (Å²) in [4.78, 5) is 19.6. The van der Waals surface area contributed by atoms with Gasteiger partial charge in [-0.25, -0.2) is 4.79 Å². The molecule has 4 aromatic carbocycles. The fourth-order valence-electron chi connectivity index (χ4n) is 6.72. The summed E-state index contributed by atoms with van der Waals surface area (Å²) in [5.41, 5.74) is 6.65. The Labute approximate surface area is 308 Å². The quantitative estimate of drug-likeness (QED) is 0.166. The number of carbonyl (C=O) groups is 1. The van der Waals surface area contributed by atoms with Crippen LogP contribution in [0.1, 0.15) is 81.1 Å². The molecule has 7 rings (SSSR count). The minimum atomic E-state index is -0.290. The van der Waals surface area contributed by atoms with Crippen molar-refractivity contribution in [3.63, 3.8) is 0 Å². The molecule has 0 fully saturated rings. The maximum absolute atomic E-state index is 13.1. The Bertz CT molecular complexity index is 2440. The molecule has 0 aliphatic rings. The maximum atomic E-state index is 13.1. The first-order chi connectivity index (χ1) is 23.7. The van der Waals surface area contributed by atoms with Crippen molar-refractivity contribution in [2.24, 2.45) is 0 Å². The van der Waals surface area contributed by atoms with E-state index in [4.69, 9.17) is 4.74 Å². The molecule has 3 heterocycles. The molecule has 254 valence electrons. The van der Waals surface area contributed by atoms with E-state index in [-0.39, 0.29) is 16.8 Å². The standard InChI is InChI=1S/C45H44O2S3/c1-10-47-43(46)28-13-14-32-34-24-31(45(7,8)9)25-35(27(34)3)37(22-29-20-30(44(4,5)6)23-33(26(29)2)36(32)21-28)38-15-16-41(49-38)42-18-17-40(50-42)39-12-11-19-48-39/h11-25H,10H2,1-9H3. The van der Waals surface area contributed by atoms with Gasteiger partial charge in [-0.3, -0.25) is 0 Å². The molecule has 5 heteroatoms. The number of ether oxygens (including phenoxy) is 1. The van der Waals surface area contributed by atoms with E-state index >= 15 is 0 Å². The van der Waals surface area contributed by atoms with Gasteiger partial charge in [0.2, 0.25) is 0 Å². The van der Waals surface area contributed by atoms with Gasteiger partial charge in [0.05, 0.1) is 12.2 Å². The third kappa shape index (κ3) is 6.36. The van der Waals surface area contributed by atoms with Gasteiger partial charge in [0, 0.05) is 24.4 Å². The summed E-state index contributed by atoms with van der Waals surface area (Å²) in [6, 6.07) is 31.5. The average Bonchev–Trinajstić information content (AvgIpc) is 3.85. The van der Waals surface area contributed by atoms with Crippen LogP contribution in [0.25, 0.3) is 62.3 Å². The molecule has 0 aliphatic carbocycles. The highest BCUT2D eigenvalue weighted by Gasteiger charge is 2.21. The Morgan fingerprint density at radius 1 is 0.600 bits per heavy atom. The molecule has 0 unspecified atom stereocenters. The first kappa shape index (κ1) is 34.4. The van der Waals surface area contributed by atoms with Crippen molar-refractivity contribution >= 4 is 72.3 Å². The number of aryl methyl sites for hydroxylation is 2. The van der Waals surface area contributed by atoms with Crippen LogP contribution in [0.2, 0.25) is 0 Å². The van der Waals surface area contributed by atoms with Gasteiger partial charge in [-0.15, -0.1) is 34.0 Å². The van der Waals surface area contributed by atoms with E-state index < -0.39 is 0 Å². The second-order valence-electron chi connectivity index (χ2n) is 15.3. The van der Waals surface area contributed by atoms with Crippen LogP contribution in [0.15, 0.2) is 90.3 Å². The molecule has 7 aromatic rings. The number of thiophene rings is 3. The molecule has 0 saturated carbocycles. The van der Waals surface area contributed by atoms with Crippen molar-refractivity contribution in [2.45, 2.75) is 73.1 Å². The van der Waals surface area contributed by atoms with Crippen LogP contribution in [0.4, 0.5) is 0 Å². The highest BCUT2D eigenvalue weighted by Crippen LogP contribution is 2.45. The molecule has 0 atom stereocenters. The fourth-order valence-corrected chi connectivity index (χ4v) is 9.69. The van der Waals surface area contributed by atoms with Crippen LogP contribution >= 0.6 is 34.0 Å². The van der Waals surface area contributed by atoms with Crippen molar-refractivity contribution in [3.05, 3.63) is 118 Å². The molecule has 0 N–H and O–H groups in total. The topological polar surface area (TPSA) is 26.3 Å². The van der Waals surface area contributed by atoms with E-state index in [0.29, 0.717) is 12.2 Å². The van der Waals surface area contributed by atoms with Crippen molar-refractivity contribution < 1.29 is 9.53 Å². The first-order valence-electron chi connectivity index (χ1n) is 17.3. The fraction of sp³-hybridized carbons (Fsp3) is 0.267. The lowest BCUT2D eigenvalue weighted by atomic mass is 9.81. The van der Waals surface area contributed by atoms with Gasteiger partial charge >= 0.3 is 5.97 Å². The molecule has 0 aliphatic heterocycles. The van der Waals surface area contributed by atoms with Crippen molar-refractivity contribution in [3.8, 4) is 29.9 Å². The van der Waals surface area contributed by atoms with Crippen LogP contribution < -0.4 is 0 Å². The third-order valence-corrected chi connectivity index (χ3v) is 13.2. The Balaban J connectivity index is 1.61. The summed E-state index contributed by atoms with van der Waals surface area (Å²) >= 11 is 5.53. The molecule has 3 aromatic heterocycles. The molecule has 0 amide bonds. The molecule has 0 spiro atoms. The lowest BCUT2D eigenvalue weighted by Crippen LogP contribution is -2.11. The molecule has 50 heavy (non-hydrogen) atoms. The zero-order valence-electron chi connectivity index (χ0n) is 30.4. The molecule has 0 saturated heterocycles. The van der Waals surface area contributed by atoms with E-state index in [1.807, 2.05) is 35.7 Å². The largest absolute Gasteiger partial charge is 0.462 e.